The molecule has 2 aromatic rings. The SMILES string of the molecule is O=C(NC[C@H]1CCCO1)c1coc(CN2CCN(c3ccc(Cl)cc3)CC2)n1. The first kappa shape index (κ1) is 19.2. The average molecular weight is 405 g/mol. The zero-order valence-electron chi connectivity index (χ0n) is 15.8. The number of aromatic nitrogens is 1. The highest BCUT2D eigenvalue weighted by atomic mass is 35.5. The fourth-order valence-corrected chi connectivity index (χ4v) is 3.72. The van der Waals surface area contributed by atoms with Crippen LogP contribution in [0.1, 0.15) is 29.2 Å². The molecule has 0 saturated carbocycles. The molecular weight excluding hydrogens is 380 g/mol. The molecular formula is C20H25ClN4O3. The molecule has 2 fully saturated rings. The van der Waals surface area contributed by atoms with Crippen LogP contribution in [0.15, 0.2) is 34.9 Å². The first-order valence-electron chi connectivity index (χ1n) is 9.74. The van der Waals surface area contributed by atoms with E-state index in [1.807, 2.05) is 24.3 Å². The highest BCUT2D eigenvalue weighted by Crippen LogP contribution is 2.20. The van der Waals surface area contributed by atoms with Crippen LogP contribution in [-0.2, 0) is 11.3 Å². The molecule has 0 bridgehead atoms. The minimum absolute atomic E-state index is 0.118. The number of carbonyl (C=O) groups is 1. The largest absolute Gasteiger partial charge is 0.447 e. The van der Waals surface area contributed by atoms with Crippen LogP contribution in [0.4, 0.5) is 5.69 Å². The second-order valence-corrected chi connectivity index (χ2v) is 7.65. The standard InChI is InChI=1S/C20H25ClN4O3/c21-15-3-5-16(6-4-15)25-9-7-24(8-10-25)13-19-23-18(14-28-19)20(26)22-12-17-2-1-11-27-17/h3-6,14,17H,1-2,7-13H2,(H,22,26)/t17-/m1/s1. The van der Waals surface area contributed by atoms with Gasteiger partial charge >= 0.3 is 0 Å². The lowest BCUT2D eigenvalue weighted by Crippen LogP contribution is -2.46. The van der Waals surface area contributed by atoms with Crippen LogP contribution < -0.4 is 10.2 Å². The second-order valence-electron chi connectivity index (χ2n) is 7.21. The van der Waals surface area contributed by atoms with E-state index in [-0.39, 0.29) is 12.0 Å². The summed E-state index contributed by atoms with van der Waals surface area (Å²) in [5, 5.41) is 3.62. The quantitative estimate of drug-likeness (QED) is 0.797. The Hall–Kier alpha value is -2.09. The number of halogens is 1. The zero-order valence-corrected chi connectivity index (χ0v) is 16.5. The van der Waals surface area contributed by atoms with Gasteiger partial charge in [-0.1, -0.05) is 11.6 Å². The van der Waals surface area contributed by atoms with Crippen LogP contribution in [0.25, 0.3) is 0 Å². The number of carbonyl (C=O) groups excluding carboxylic acids is 1. The summed E-state index contributed by atoms with van der Waals surface area (Å²) in [6.45, 7) is 5.58. The van der Waals surface area contributed by atoms with Gasteiger partial charge < -0.3 is 19.4 Å². The van der Waals surface area contributed by atoms with Crippen molar-refractivity contribution in [3.8, 4) is 0 Å². The fourth-order valence-electron chi connectivity index (χ4n) is 3.60. The molecule has 1 aromatic heterocycles. The Balaban J connectivity index is 1.24. The van der Waals surface area contributed by atoms with E-state index in [1.165, 1.54) is 12.0 Å². The minimum atomic E-state index is -0.210. The van der Waals surface area contributed by atoms with Gasteiger partial charge in [0, 0.05) is 50.0 Å². The molecule has 0 radical (unpaired) electrons. The van der Waals surface area contributed by atoms with Crippen molar-refractivity contribution in [3.63, 3.8) is 0 Å². The Labute approximate surface area is 169 Å². The Morgan fingerprint density at radius 2 is 2.00 bits per heavy atom. The summed E-state index contributed by atoms with van der Waals surface area (Å²) in [5.74, 6) is 0.361. The van der Waals surface area contributed by atoms with Crippen LogP contribution in [-0.4, -0.2) is 61.2 Å². The molecule has 150 valence electrons. The summed E-state index contributed by atoms with van der Waals surface area (Å²) in [7, 11) is 0. The fraction of sp³-hybridized carbons (Fsp3) is 0.500. The minimum Gasteiger partial charge on any atom is -0.447 e. The molecule has 1 atom stereocenters. The van der Waals surface area contributed by atoms with Crippen LogP contribution in [0.3, 0.4) is 0 Å². The number of hydrogen-bond acceptors (Lipinski definition) is 6. The van der Waals surface area contributed by atoms with Crippen molar-refractivity contribution >= 4 is 23.2 Å². The van der Waals surface area contributed by atoms with Crippen molar-refractivity contribution < 1.29 is 13.9 Å². The molecule has 0 spiro atoms. The summed E-state index contributed by atoms with van der Waals surface area (Å²) in [4.78, 5) is 21.2. The summed E-state index contributed by atoms with van der Waals surface area (Å²) in [5.41, 5.74) is 1.51. The molecule has 0 unspecified atom stereocenters. The van der Waals surface area contributed by atoms with E-state index in [9.17, 15) is 4.79 Å². The molecule has 1 N–H and O–H groups in total. The molecule has 7 nitrogen and oxygen atoms in total. The molecule has 8 heteroatoms. The van der Waals surface area contributed by atoms with Gasteiger partial charge in [-0.05, 0) is 37.1 Å². The third-order valence-electron chi connectivity index (χ3n) is 5.22. The van der Waals surface area contributed by atoms with E-state index < -0.39 is 0 Å². The maximum absolute atomic E-state index is 12.2. The number of benzene rings is 1. The third-order valence-corrected chi connectivity index (χ3v) is 5.47. The lowest BCUT2D eigenvalue weighted by atomic mass is 10.2. The number of nitrogens with one attached hydrogen (secondary N) is 1. The van der Waals surface area contributed by atoms with Crippen molar-refractivity contribution in [1.29, 1.82) is 0 Å². The van der Waals surface area contributed by atoms with Gasteiger partial charge in [0.25, 0.3) is 5.91 Å². The van der Waals surface area contributed by atoms with Crippen LogP contribution >= 0.6 is 11.6 Å². The van der Waals surface area contributed by atoms with Gasteiger partial charge in [-0.3, -0.25) is 9.69 Å². The summed E-state index contributed by atoms with van der Waals surface area (Å²) in [6.07, 6.45) is 3.60. The summed E-state index contributed by atoms with van der Waals surface area (Å²) < 4.78 is 11.0. The van der Waals surface area contributed by atoms with Crippen molar-refractivity contribution in [3.05, 3.63) is 47.1 Å². The Morgan fingerprint density at radius 1 is 1.21 bits per heavy atom. The Bertz CT molecular complexity index is 781. The van der Waals surface area contributed by atoms with Gasteiger partial charge in [0.1, 0.15) is 6.26 Å². The lowest BCUT2D eigenvalue weighted by Gasteiger charge is -2.35. The van der Waals surface area contributed by atoms with E-state index >= 15 is 0 Å². The number of nitrogens with zero attached hydrogens (tertiary/aromatic N) is 3. The maximum Gasteiger partial charge on any atom is 0.273 e. The first-order valence-corrected chi connectivity index (χ1v) is 10.1. The number of ether oxygens (including phenoxy) is 1. The molecule has 2 aliphatic heterocycles. The van der Waals surface area contributed by atoms with Crippen LogP contribution in [0, 0.1) is 0 Å². The van der Waals surface area contributed by atoms with Crippen molar-refractivity contribution in [1.82, 2.24) is 15.2 Å². The highest BCUT2D eigenvalue weighted by Gasteiger charge is 2.21. The van der Waals surface area contributed by atoms with Gasteiger partial charge in [0.2, 0.25) is 5.89 Å². The molecule has 0 aliphatic carbocycles. The Morgan fingerprint density at radius 3 is 2.71 bits per heavy atom. The van der Waals surface area contributed by atoms with E-state index in [0.717, 1.165) is 50.7 Å². The zero-order chi connectivity index (χ0) is 19.3. The number of amides is 1. The molecule has 2 saturated heterocycles. The lowest BCUT2D eigenvalue weighted by molar-refractivity contribution is 0.0853. The number of anilines is 1. The van der Waals surface area contributed by atoms with E-state index in [0.29, 0.717) is 24.7 Å². The molecule has 1 aromatic carbocycles. The van der Waals surface area contributed by atoms with Crippen LogP contribution in [0.5, 0.6) is 0 Å². The second kappa shape index (κ2) is 8.94. The van der Waals surface area contributed by atoms with Gasteiger partial charge in [0.05, 0.1) is 12.6 Å². The van der Waals surface area contributed by atoms with Crippen molar-refractivity contribution in [2.24, 2.45) is 0 Å². The van der Waals surface area contributed by atoms with Crippen LogP contribution in [0.2, 0.25) is 5.02 Å². The van der Waals surface area contributed by atoms with Crippen molar-refractivity contribution in [2.45, 2.75) is 25.5 Å². The van der Waals surface area contributed by atoms with E-state index in [4.69, 9.17) is 20.8 Å². The van der Waals surface area contributed by atoms with Gasteiger partial charge in [-0.15, -0.1) is 0 Å². The number of rotatable bonds is 6. The van der Waals surface area contributed by atoms with E-state index in [1.54, 1.807) is 0 Å². The maximum atomic E-state index is 12.2. The average Bonchev–Trinajstić information content (AvgIpc) is 3.40. The molecule has 28 heavy (non-hydrogen) atoms. The molecule has 1 amide bonds. The third kappa shape index (κ3) is 4.84. The van der Waals surface area contributed by atoms with Gasteiger partial charge in [-0.25, -0.2) is 4.98 Å². The molecule has 4 rings (SSSR count). The van der Waals surface area contributed by atoms with Crippen molar-refractivity contribution in [2.75, 3.05) is 44.2 Å². The predicted octanol–water partition coefficient (Wildman–Crippen LogP) is 2.56. The Kier molecular flexibility index (Phi) is 6.14. The summed E-state index contributed by atoms with van der Waals surface area (Å²) >= 11 is 5.96. The van der Waals surface area contributed by atoms with Gasteiger partial charge in [0.15, 0.2) is 5.69 Å². The monoisotopic (exact) mass is 404 g/mol. The smallest absolute Gasteiger partial charge is 0.273 e. The van der Waals surface area contributed by atoms with E-state index in [2.05, 4.69) is 20.1 Å². The van der Waals surface area contributed by atoms with Gasteiger partial charge in [-0.2, -0.15) is 0 Å². The normalized spacial score (nSPS) is 20.5. The predicted molar refractivity (Wildman–Crippen MR) is 107 cm³/mol. The molecule has 2 aliphatic rings. The number of hydrogen-bond donors (Lipinski definition) is 1. The first-order chi connectivity index (χ1) is 13.7. The molecule has 3 heterocycles. The number of oxazole rings is 1. The highest BCUT2D eigenvalue weighted by molar-refractivity contribution is 6.30. The summed E-state index contributed by atoms with van der Waals surface area (Å²) in [6, 6.07) is 7.93. The number of piperazine rings is 1. The topological polar surface area (TPSA) is 70.8 Å².